The molecule has 0 aromatic heterocycles. The van der Waals surface area contributed by atoms with Crippen LogP contribution in [0.3, 0.4) is 0 Å². The Labute approximate surface area is 130 Å². The number of nitrogens with one attached hydrogen (secondary N) is 1. The number of aryl methyl sites for hydroxylation is 1. The fraction of sp³-hybridized carbons (Fsp3) is 0.667. The van der Waals surface area contributed by atoms with Gasteiger partial charge in [-0.25, -0.2) is 0 Å². The van der Waals surface area contributed by atoms with Crippen molar-refractivity contribution in [2.24, 2.45) is 0 Å². The van der Waals surface area contributed by atoms with Crippen LogP contribution >= 0.6 is 0 Å². The molecule has 0 aliphatic rings. The predicted octanol–water partition coefficient (Wildman–Crippen LogP) is 4.33. The van der Waals surface area contributed by atoms with Gasteiger partial charge in [0.15, 0.2) is 11.5 Å². The molecule has 0 heterocycles. The van der Waals surface area contributed by atoms with Crippen molar-refractivity contribution in [2.45, 2.75) is 65.5 Å². The lowest BCUT2D eigenvalue weighted by molar-refractivity contribution is 0.137. The van der Waals surface area contributed by atoms with E-state index >= 15 is 0 Å². The SMILES string of the molecule is CCCNC(CCC)C(CC)Oc1ccc(C)cc1OC. The summed E-state index contributed by atoms with van der Waals surface area (Å²) < 4.78 is 11.7. The highest BCUT2D eigenvalue weighted by Gasteiger charge is 2.21. The maximum Gasteiger partial charge on any atom is 0.161 e. The van der Waals surface area contributed by atoms with Crippen LogP contribution in [-0.4, -0.2) is 25.8 Å². The van der Waals surface area contributed by atoms with E-state index in [4.69, 9.17) is 9.47 Å². The summed E-state index contributed by atoms with van der Waals surface area (Å²) in [7, 11) is 1.70. The molecule has 1 aromatic carbocycles. The molecule has 0 amide bonds. The van der Waals surface area contributed by atoms with Crippen molar-refractivity contribution in [2.75, 3.05) is 13.7 Å². The first-order valence-corrected chi connectivity index (χ1v) is 8.20. The number of hydrogen-bond donors (Lipinski definition) is 1. The second kappa shape index (κ2) is 9.67. The molecule has 2 unspecified atom stereocenters. The largest absolute Gasteiger partial charge is 0.493 e. The lowest BCUT2D eigenvalue weighted by Gasteiger charge is -2.28. The van der Waals surface area contributed by atoms with E-state index in [-0.39, 0.29) is 6.10 Å². The minimum atomic E-state index is 0.174. The Morgan fingerprint density at radius 1 is 1.10 bits per heavy atom. The summed E-state index contributed by atoms with van der Waals surface area (Å²) in [5, 5.41) is 3.62. The summed E-state index contributed by atoms with van der Waals surface area (Å²) in [4.78, 5) is 0. The molecule has 120 valence electrons. The first kappa shape index (κ1) is 17.8. The lowest BCUT2D eigenvalue weighted by Crippen LogP contribution is -2.43. The van der Waals surface area contributed by atoms with Crippen LogP contribution in [-0.2, 0) is 0 Å². The predicted molar refractivity (Wildman–Crippen MR) is 89.4 cm³/mol. The molecule has 21 heavy (non-hydrogen) atoms. The van der Waals surface area contributed by atoms with Gasteiger partial charge in [0.1, 0.15) is 6.10 Å². The van der Waals surface area contributed by atoms with Gasteiger partial charge in [-0.1, -0.05) is 33.3 Å². The molecule has 1 aromatic rings. The van der Waals surface area contributed by atoms with E-state index in [1.165, 1.54) is 5.56 Å². The summed E-state index contributed by atoms with van der Waals surface area (Å²) in [5.41, 5.74) is 1.18. The van der Waals surface area contributed by atoms with Crippen LogP contribution in [0.1, 0.15) is 52.0 Å². The standard InChI is InChI=1S/C18H31NO2/c1-6-9-15(19-12-7-2)16(8-3)21-17-11-10-14(4)13-18(17)20-5/h10-11,13,15-16,19H,6-9,12H2,1-5H3. The maximum absolute atomic E-state index is 6.26. The molecule has 3 nitrogen and oxygen atoms in total. The fourth-order valence-electron chi connectivity index (χ4n) is 2.55. The molecule has 0 aliphatic carbocycles. The summed E-state index contributed by atoms with van der Waals surface area (Å²) in [5.74, 6) is 1.66. The number of hydrogen-bond acceptors (Lipinski definition) is 3. The Morgan fingerprint density at radius 2 is 1.86 bits per heavy atom. The number of methoxy groups -OCH3 is 1. The zero-order valence-corrected chi connectivity index (χ0v) is 14.2. The first-order chi connectivity index (χ1) is 10.2. The Bertz CT molecular complexity index is 406. The lowest BCUT2D eigenvalue weighted by atomic mass is 10.0. The van der Waals surface area contributed by atoms with Crippen molar-refractivity contribution in [3.8, 4) is 11.5 Å². The number of ether oxygens (including phenoxy) is 2. The van der Waals surface area contributed by atoms with Crippen molar-refractivity contribution < 1.29 is 9.47 Å². The van der Waals surface area contributed by atoms with Gasteiger partial charge in [-0.3, -0.25) is 0 Å². The van der Waals surface area contributed by atoms with Crippen LogP contribution < -0.4 is 14.8 Å². The Balaban J connectivity index is 2.83. The summed E-state index contributed by atoms with van der Waals surface area (Å²) in [6, 6.07) is 6.50. The van der Waals surface area contributed by atoms with E-state index in [1.807, 2.05) is 12.1 Å². The summed E-state index contributed by atoms with van der Waals surface area (Å²) in [6.07, 6.45) is 4.59. The Kier molecular flexibility index (Phi) is 8.21. The normalized spacial score (nSPS) is 13.8. The second-order valence-electron chi connectivity index (χ2n) is 5.57. The molecular weight excluding hydrogens is 262 g/mol. The van der Waals surface area contributed by atoms with Gasteiger partial charge in [0.2, 0.25) is 0 Å². The first-order valence-electron chi connectivity index (χ1n) is 8.20. The molecule has 0 aliphatic heterocycles. The Hall–Kier alpha value is -1.22. The molecule has 3 heteroatoms. The molecule has 0 saturated carbocycles. The fourth-order valence-corrected chi connectivity index (χ4v) is 2.55. The topological polar surface area (TPSA) is 30.5 Å². The molecule has 0 fully saturated rings. The van der Waals surface area contributed by atoms with E-state index in [2.05, 4.69) is 39.1 Å². The third kappa shape index (κ3) is 5.58. The van der Waals surface area contributed by atoms with Crippen LogP contribution in [0.4, 0.5) is 0 Å². The van der Waals surface area contributed by atoms with E-state index in [9.17, 15) is 0 Å². The van der Waals surface area contributed by atoms with Gasteiger partial charge in [0, 0.05) is 6.04 Å². The van der Waals surface area contributed by atoms with Crippen molar-refractivity contribution in [3.05, 3.63) is 23.8 Å². The molecule has 0 spiro atoms. The highest BCUT2D eigenvalue weighted by molar-refractivity contribution is 5.42. The molecular formula is C18H31NO2. The average Bonchev–Trinajstić information content (AvgIpc) is 2.50. The van der Waals surface area contributed by atoms with Crippen LogP contribution in [0.5, 0.6) is 11.5 Å². The van der Waals surface area contributed by atoms with Gasteiger partial charge in [-0.15, -0.1) is 0 Å². The van der Waals surface area contributed by atoms with Gasteiger partial charge in [-0.05, 0) is 50.4 Å². The summed E-state index contributed by atoms with van der Waals surface area (Å²) >= 11 is 0. The molecule has 1 rings (SSSR count). The van der Waals surface area contributed by atoms with Gasteiger partial charge >= 0.3 is 0 Å². The average molecular weight is 293 g/mol. The van der Waals surface area contributed by atoms with Crippen molar-refractivity contribution in [3.63, 3.8) is 0 Å². The van der Waals surface area contributed by atoms with E-state index in [1.54, 1.807) is 7.11 Å². The highest BCUT2D eigenvalue weighted by atomic mass is 16.5. The third-order valence-electron chi connectivity index (χ3n) is 3.70. The van der Waals surface area contributed by atoms with E-state index < -0.39 is 0 Å². The molecule has 1 N–H and O–H groups in total. The van der Waals surface area contributed by atoms with E-state index in [0.29, 0.717) is 6.04 Å². The third-order valence-corrected chi connectivity index (χ3v) is 3.70. The van der Waals surface area contributed by atoms with Crippen LogP contribution in [0.2, 0.25) is 0 Å². The van der Waals surface area contributed by atoms with Crippen LogP contribution in [0, 0.1) is 6.92 Å². The van der Waals surface area contributed by atoms with Crippen LogP contribution in [0.25, 0.3) is 0 Å². The zero-order valence-electron chi connectivity index (χ0n) is 14.2. The minimum Gasteiger partial charge on any atom is -0.493 e. The molecule has 0 saturated heterocycles. The van der Waals surface area contributed by atoms with Crippen molar-refractivity contribution in [1.29, 1.82) is 0 Å². The van der Waals surface area contributed by atoms with Gasteiger partial charge in [0.25, 0.3) is 0 Å². The minimum absolute atomic E-state index is 0.174. The monoisotopic (exact) mass is 293 g/mol. The molecule has 0 bridgehead atoms. The van der Waals surface area contributed by atoms with E-state index in [0.717, 1.165) is 43.7 Å². The number of rotatable bonds is 10. The van der Waals surface area contributed by atoms with Gasteiger partial charge < -0.3 is 14.8 Å². The zero-order chi connectivity index (χ0) is 15.7. The van der Waals surface area contributed by atoms with Gasteiger partial charge in [-0.2, -0.15) is 0 Å². The quantitative estimate of drug-likeness (QED) is 0.696. The molecule has 0 radical (unpaired) electrons. The van der Waals surface area contributed by atoms with Gasteiger partial charge in [0.05, 0.1) is 7.11 Å². The smallest absolute Gasteiger partial charge is 0.161 e. The highest BCUT2D eigenvalue weighted by Crippen LogP contribution is 2.30. The number of benzene rings is 1. The molecule has 2 atom stereocenters. The van der Waals surface area contributed by atoms with Crippen molar-refractivity contribution in [1.82, 2.24) is 5.32 Å². The summed E-state index contributed by atoms with van der Waals surface area (Å²) in [6.45, 7) is 9.70. The second-order valence-corrected chi connectivity index (χ2v) is 5.57. The maximum atomic E-state index is 6.26. The van der Waals surface area contributed by atoms with Crippen molar-refractivity contribution >= 4 is 0 Å². The van der Waals surface area contributed by atoms with Crippen LogP contribution in [0.15, 0.2) is 18.2 Å². The Morgan fingerprint density at radius 3 is 2.43 bits per heavy atom.